The molecule has 1 heterocycles. The summed E-state index contributed by atoms with van der Waals surface area (Å²) in [5.74, 6) is 0.615. The van der Waals surface area contributed by atoms with Crippen LogP contribution in [0.25, 0.3) is 6.08 Å². The smallest absolute Gasteiger partial charge is 0.253 e. The Bertz CT molecular complexity index is 604. The van der Waals surface area contributed by atoms with Crippen molar-refractivity contribution in [3.63, 3.8) is 0 Å². The first kappa shape index (κ1) is 14.8. The van der Waals surface area contributed by atoms with Crippen LogP contribution in [0.4, 0.5) is 0 Å². The molecule has 110 valence electrons. The number of imide groups is 1. The average molecular weight is 287 g/mol. The second-order valence-electron chi connectivity index (χ2n) is 4.47. The zero-order valence-corrected chi connectivity index (χ0v) is 12.0. The van der Waals surface area contributed by atoms with E-state index < -0.39 is 0 Å². The molecule has 0 unspecified atom stereocenters. The van der Waals surface area contributed by atoms with E-state index in [-0.39, 0.29) is 11.8 Å². The van der Waals surface area contributed by atoms with Gasteiger partial charge in [0.2, 0.25) is 0 Å². The first-order valence-corrected chi connectivity index (χ1v) is 6.58. The molecule has 0 atom stereocenters. The number of amides is 2. The normalized spacial score (nSPS) is 14.6. The number of carbonyl (C=O) groups excluding carboxylic acids is 2. The molecule has 2 amide bonds. The standard InChI is InChI=1S/C16H17NO4/c1-20-13-8-6-12(11-14(13)21-2)7-9-16(19)17-10-4-3-5-15(17)18/h3,5-9,11H,4,10H2,1-2H3. The summed E-state index contributed by atoms with van der Waals surface area (Å²) in [4.78, 5) is 24.8. The molecule has 5 nitrogen and oxygen atoms in total. The fraction of sp³-hybridized carbons (Fsp3) is 0.250. The molecule has 1 aromatic rings. The molecule has 0 aromatic heterocycles. The third-order valence-electron chi connectivity index (χ3n) is 3.14. The molecule has 1 aliphatic heterocycles. The van der Waals surface area contributed by atoms with E-state index in [1.165, 1.54) is 17.1 Å². The molecule has 0 saturated heterocycles. The van der Waals surface area contributed by atoms with Gasteiger partial charge in [-0.1, -0.05) is 12.1 Å². The van der Waals surface area contributed by atoms with Crippen LogP contribution in [0, 0.1) is 0 Å². The van der Waals surface area contributed by atoms with E-state index >= 15 is 0 Å². The fourth-order valence-electron chi connectivity index (χ4n) is 2.02. The molecule has 0 fully saturated rings. The second-order valence-corrected chi connectivity index (χ2v) is 4.47. The minimum absolute atomic E-state index is 0.275. The zero-order valence-electron chi connectivity index (χ0n) is 12.0. The van der Waals surface area contributed by atoms with E-state index in [9.17, 15) is 9.59 Å². The second kappa shape index (κ2) is 6.74. The highest BCUT2D eigenvalue weighted by Crippen LogP contribution is 2.27. The molecule has 0 N–H and O–H groups in total. The van der Waals surface area contributed by atoms with Crippen LogP contribution in [0.3, 0.4) is 0 Å². The van der Waals surface area contributed by atoms with Crippen LogP contribution in [0.15, 0.2) is 36.4 Å². The van der Waals surface area contributed by atoms with E-state index in [2.05, 4.69) is 0 Å². The Morgan fingerprint density at radius 2 is 2.00 bits per heavy atom. The van der Waals surface area contributed by atoms with Gasteiger partial charge in [-0.15, -0.1) is 0 Å². The van der Waals surface area contributed by atoms with Gasteiger partial charge in [0.15, 0.2) is 11.5 Å². The van der Waals surface area contributed by atoms with Gasteiger partial charge in [0, 0.05) is 12.6 Å². The number of ether oxygens (including phenoxy) is 2. The predicted molar refractivity (Wildman–Crippen MR) is 79.1 cm³/mol. The summed E-state index contributed by atoms with van der Waals surface area (Å²) < 4.78 is 10.3. The van der Waals surface area contributed by atoms with Crippen LogP contribution in [-0.4, -0.2) is 37.5 Å². The van der Waals surface area contributed by atoms with Crippen LogP contribution in [0.1, 0.15) is 12.0 Å². The third kappa shape index (κ3) is 3.51. The van der Waals surface area contributed by atoms with Crippen molar-refractivity contribution in [3.8, 4) is 11.5 Å². The lowest BCUT2D eigenvalue weighted by atomic mass is 10.1. The average Bonchev–Trinajstić information content (AvgIpc) is 2.52. The van der Waals surface area contributed by atoms with Gasteiger partial charge in [-0.2, -0.15) is 0 Å². The summed E-state index contributed by atoms with van der Waals surface area (Å²) in [5, 5.41) is 0. The van der Waals surface area contributed by atoms with E-state index in [1.807, 2.05) is 6.07 Å². The van der Waals surface area contributed by atoms with E-state index in [4.69, 9.17) is 9.47 Å². The van der Waals surface area contributed by atoms with Crippen molar-refractivity contribution in [3.05, 3.63) is 42.0 Å². The SMILES string of the molecule is COc1ccc(C=CC(=O)N2CCC=CC2=O)cc1OC. The largest absolute Gasteiger partial charge is 0.493 e. The van der Waals surface area contributed by atoms with E-state index in [0.717, 1.165) is 5.56 Å². The number of carbonyl (C=O) groups is 2. The van der Waals surface area contributed by atoms with Crippen molar-refractivity contribution in [2.24, 2.45) is 0 Å². The molecule has 0 saturated carbocycles. The number of rotatable bonds is 4. The lowest BCUT2D eigenvalue weighted by molar-refractivity contribution is -0.139. The summed E-state index contributed by atoms with van der Waals surface area (Å²) in [6.07, 6.45) is 6.92. The molecular formula is C16H17NO4. The summed E-state index contributed by atoms with van der Waals surface area (Å²) in [6, 6.07) is 5.33. The van der Waals surface area contributed by atoms with Crippen molar-refractivity contribution in [2.45, 2.75) is 6.42 Å². The van der Waals surface area contributed by atoms with Gasteiger partial charge in [-0.05, 0) is 36.3 Å². The van der Waals surface area contributed by atoms with Gasteiger partial charge in [0.1, 0.15) is 0 Å². The Balaban J connectivity index is 2.12. The molecule has 1 aliphatic rings. The van der Waals surface area contributed by atoms with Gasteiger partial charge in [-0.3, -0.25) is 14.5 Å². The predicted octanol–water partition coefficient (Wildman–Crippen LogP) is 2.03. The zero-order chi connectivity index (χ0) is 15.2. The van der Waals surface area contributed by atoms with Gasteiger partial charge >= 0.3 is 0 Å². The van der Waals surface area contributed by atoms with Crippen molar-refractivity contribution < 1.29 is 19.1 Å². The molecule has 0 radical (unpaired) electrons. The van der Waals surface area contributed by atoms with E-state index in [0.29, 0.717) is 24.5 Å². The molecule has 2 rings (SSSR count). The molecule has 0 spiro atoms. The number of nitrogens with zero attached hydrogens (tertiary/aromatic N) is 1. The molecule has 1 aromatic carbocycles. The summed E-state index contributed by atoms with van der Waals surface area (Å²) in [5.41, 5.74) is 0.793. The number of benzene rings is 1. The van der Waals surface area contributed by atoms with Crippen LogP contribution >= 0.6 is 0 Å². The van der Waals surface area contributed by atoms with Crippen molar-refractivity contribution in [2.75, 3.05) is 20.8 Å². The monoisotopic (exact) mass is 287 g/mol. The summed E-state index contributed by atoms with van der Waals surface area (Å²) in [7, 11) is 3.11. The van der Waals surface area contributed by atoms with Crippen LogP contribution in [0.5, 0.6) is 11.5 Å². The minimum Gasteiger partial charge on any atom is -0.493 e. The maximum absolute atomic E-state index is 12.0. The topological polar surface area (TPSA) is 55.8 Å². The Morgan fingerprint density at radius 1 is 1.24 bits per heavy atom. The minimum atomic E-state index is -0.320. The highest BCUT2D eigenvalue weighted by molar-refractivity contribution is 6.06. The Labute approximate surface area is 123 Å². The summed E-state index contributed by atoms with van der Waals surface area (Å²) in [6.45, 7) is 0.421. The lowest BCUT2D eigenvalue weighted by Gasteiger charge is -2.19. The fourth-order valence-corrected chi connectivity index (χ4v) is 2.02. The van der Waals surface area contributed by atoms with Gasteiger partial charge in [-0.25, -0.2) is 0 Å². The van der Waals surface area contributed by atoms with Crippen molar-refractivity contribution in [1.29, 1.82) is 0 Å². The first-order chi connectivity index (χ1) is 10.2. The quantitative estimate of drug-likeness (QED) is 0.795. The highest BCUT2D eigenvalue weighted by Gasteiger charge is 2.18. The highest BCUT2D eigenvalue weighted by atomic mass is 16.5. The molecule has 5 heteroatoms. The third-order valence-corrected chi connectivity index (χ3v) is 3.14. The summed E-state index contributed by atoms with van der Waals surface area (Å²) >= 11 is 0. The maximum Gasteiger partial charge on any atom is 0.253 e. The lowest BCUT2D eigenvalue weighted by Crippen LogP contribution is -2.37. The Kier molecular flexibility index (Phi) is 4.77. The number of hydrogen-bond donors (Lipinski definition) is 0. The van der Waals surface area contributed by atoms with Gasteiger partial charge in [0.05, 0.1) is 14.2 Å². The van der Waals surface area contributed by atoms with Crippen LogP contribution < -0.4 is 9.47 Å². The first-order valence-electron chi connectivity index (χ1n) is 6.58. The van der Waals surface area contributed by atoms with Crippen molar-refractivity contribution >= 4 is 17.9 Å². The molecule has 21 heavy (non-hydrogen) atoms. The van der Waals surface area contributed by atoms with Gasteiger partial charge < -0.3 is 9.47 Å². The maximum atomic E-state index is 12.0. The van der Waals surface area contributed by atoms with E-state index in [1.54, 1.807) is 38.5 Å². The van der Waals surface area contributed by atoms with Crippen molar-refractivity contribution in [1.82, 2.24) is 4.90 Å². The van der Waals surface area contributed by atoms with Crippen LogP contribution in [-0.2, 0) is 9.59 Å². The Morgan fingerprint density at radius 3 is 2.67 bits per heavy atom. The molecule has 0 bridgehead atoms. The van der Waals surface area contributed by atoms with Gasteiger partial charge in [0.25, 0.3) is 11.8 Å². The molecular weight excluding hydrogens is 270 g/mol. The Hall–Kier alpha value is -2.56. The van der Waals surface area contributed by atoms with Crippen LogP contribution in [0.2, 0.25) is 0 Å². The number of hydrogen-bond acceptors (Lipinski definition) is 4. The number of methoxy groups -OCH3 is 2. The molecule has 0 aliphatic carbocycles.